The summed E-state index contributed by atoms with van der Waals surface area (Å²) >= 11 is 0. The molecule has 0 aliphatic carbocycles. The number of fused-ring (bicyclic) bond motifs is 1. The number of nitrogens with one attached hydrogen (secondary N) is 1. The number of anilines is 1. The Labute approximate surface area is 120 Å². The largest absolute Gasteiger partial charge is 0.370 e. The molecule has 0 radical (unpaired) electrons. The molecule has 0 fully saturated rings. The van der Waals surface area contributed by atoms with Gasteiger partial charge in [0.2, 0.25) is 0 Å². The average molecular weight is 268 g/mol. The number of aromatic nitrogens is 1. The zero-order valence-electron chi connectivity index (χ0n) is 12.1. The van der Waals surface area contributed by atoms with Crippen molar-refractivity contribution in [3.63, 3.8) is 0 Å². The van der Waals surface area contributed by atoms with E-state index in [0.717, 1.165) is 36.4 Å². The molecule has 2 aromatic rings. The molecular formula is C16H20N4. The molecule has 4 nitrogen and oxygen atoms in total. The van der Waals surface area contributed by atoms with E-state index in [-0.39, 0.29) is 0 Å². The molecule has 104 valence electrons. The Bertz CT molecular complexity index is 615. The zero-order chi connectivity index (χ0) is 14.4. The van der Waals surface area contributed by atoms with Crippen LogP contribution in [0.3, 0.4) is 0 Å². The van der Waals surface area contributed by atoms with Gasteiger partial charge in [0.05, 0.1) is 11.6 Å². The standard InChI is InChI=1S/C16H20N4/c1-3-18-16-14(12-20(2)10-6-9-17)11-13-7-4-5-8-15(13)19-16/h4-5,7-8,11H,3,6,10,12H2,1-2H3,(H,18,19). The van der Waals surface area contributed by atoms with Gasteiger partial charge in [0.25, 0.3) is 0 Å². The Morgan fingerprint density at radius 2 is 2.15 bits per heavy atom. The maximum Gasteiger partial charge on any atom is 0.131 e. The fraction of sp³-hybridized carbons (Fsp3) is 0.375. The summed E-state index contributed by atoms with van der Waals surface area (Å²) < 4.78 is 0. The minimum atomic E-state index is 0.550. The van der Waals surface area contributed by atoms with Gasteiger partial charge in [-0.3, -0.25) is 0 Å². The molecule has 1 aromatic heterocycles. The van der Waals surface area contributed by atoms with Crippen LogP contribution in [0.5, 0.6) is 0 Å². The molecule has 0 saturated heterocycles. The molecule has 0 atom stereocenters. The lowest BCUT2D eigenvalue weighted by Gasteiger charge is -2.18. The molecule has 0 bridgehead atoms. The Morgan fingerprint density at radius 3 is 2.90 bits per heavy atom. The molecule has 0 amide bonds. The summed E-state index contributed by atoms with van der Waals surface area (Å²) in [4.78, 5) is 6.84. The van der Waals surface area contributed by atoms with E-state index >= 15 is 0 Å². The van der Waals surface area contributed by atoms with Crippen LogP contribution in [0.2, 0.25) is 0 Å². The van der Waals surface area contributed by atoms with Crippen LogP contribution in [0.1, 0.15) is 18.9 Å². The van der Waals surface area contributed by atoms with Crippen LogP contribution in [-0.4, -0.2) is 30.0 Å². The first kappa shape index (κ1) is 14.3. The smallest absolute Gasteiger partial charge is 0.131 e. The van der Waals surface area contributed by atoms with Gasteiger partial charge < -0.3 is 10.2 Å². The molecule has 1 heterocycles. The molecular weight excluding hydrogens is 248 g/mol. The van der Waals surface area contributed by atoms with E-state index in [9.17, 15) is 0 Å². The Balaban J connectivity index is 2.29. The number of nitrogens with zero attached hydrogens (tertiary/aromatic N) is 3. The summed E-state index contributed by atoms with van der Waals surface area (Å²) in [6.07, 6.45) is 0.550. The summed E-state index contributed by atoms with van der Waals surface area (Å²) in [6, 6.07) is 12.5. The van der Waals surface area contributed by atoms with Crippen molar-refractivity contribution in [3.8, 4) is 6.07 Å². The van der Waals surface area contributed by atoms with Crippen molar-refractivity contribution in [1.82, 2.24) is 9.88 Å². The highest BCUT2D eigenvalue weighted by molar-refractivity contribution is 5.81. The number of benzene rings is 1. The van der Waals surface area contributed by atoms with Gasteiger partial charge in [-0.15, -0.1) is 0 Å². The first-order valence-electron chi connectivity index (χ1n) is 6.92. The van der Waals surface area contributed by atoms with E-state index in [1.807, 2.05) is 25.2 Å². The minimum Gasteiger partial charge on any atom is -0.370 e. The van der Waals surface area contributed by atoms with Gasteiger partial charge in [-0.1, -0.05) is 18.2 Å². The van der Waals surface area contributed by atoms with E-state index in [4.69, 9.17) is 10.2 Å². The van der Waals surface area contributed by atoms with Gasteiger partial charge >= 0.3 is 0 Å². The lowest BCUT2D eigenvalue weighted by Crippen LogP contribution is -2.20. The molecule has 4 heteroatoms. The summed E-state index contributed by atoms with van der Waals surface area (Å²) in [5, 5.41) is 13.1. The van der Waals surface area contributed by atoms with Crippen LogP contribution in [0.25, 0.3) is 10.9 Å². The lowest BCUT2D eigenvalue weighted by molar-refractivity contribution is 0.335. The Morgan fingerprint density at radius 1 is 1.35 bits per heavy atom. The highest BCUT2D eigenvalue weighted by Crippen LogP contribution is 2.21. The number of nitriles is 1. The summed E-state index contributed by atoms with van der Waals surface area (Å²) in [5.74, 6) is 0.940. The second-order valence-electron chi connectivity index (χ2n) is 4.87. The van der Waals surface area contributed by atoms with Gasteiger partial charge in [0.15, 0.2) is 0 Å². The summed E-state index contributed by atoms with van der Waals surface area (Å²) in [6.45, 7) is 4.48. The minimum absolute atomic E-state index is 0.550. The van der Waals surface area contributed by atoms with Crippen molar-refractivity contribution in [2.45, 2.75) is 19.9 Å². The van der Waals surface area contributed by atoms with Crippen LogP contribution in [0.4, 0.5) is 5.82 Å². The number of hydrogen-bond donors (Lipinski definition) is 1. The SMILES string of the molecule is CCNc1nc2ccccc2cc1CN(C)CCC#N. The zero-order valence-corrected chi connectivity index (χ0v) is 12.1. The second-order valence-corrected chi connectivity index (χ2v) is 4.87. The highest BCUT2D eigenvalue weighted by atomic mass is 15.1. The Kier molecular flexibility index (Phi) is 4.91. The second kappa shape index (κ2) is 6.88. The molecule has 0 aliphatic rings. The molecule has 20 heavy (non-hydrogen) atoms. The van der Waals surface area contributed by atoms with Crippen molar-refractivity contribution >= 4 is 16.7 Å². The normalized spacial score (nSPS) is 10.7. The van der Waals surface area contributed by atoms with Gasteiger partial charge in [0.1, 0.15) is 5.82 Å². The molecule has 1 aromatic carbocycles. The molecule has 0 saturated carbocycles. The van der Waals surface area contributed by atoms with E-state index in [0.29, 0.717) is 6.42 Å². The third-order valence-electron chi connectivity index (χ3n) is 3.19. The number of rotatable bonds is 6. The molecule has 0 unspecified atom stereocenters. The predicted molar refractivity (Wildman–Crippen MR) is 82.5 cm³/mol. The van der Waals surface area contributed by atoms with Crippen LogP contribution < -0.4 is 5.32 Å². The monoisotopic (exact) mass is 268 g/mol. The van der Waals surface area contributed by atoms with E-state index in [1.54, 1.807) is 0 Å². The van der Waals surface area contributed by atoms with Crippen molar-refractivity contribution in [3.05, 3.63) is 35.9 Å². The van der Waals surface area contributed by atoms with E-state index in [1.165, 1.54) is 5.56 Å². The third kappa shape index (κ3) is 3.46. The van der Waals surface area contributed by atoms with Crippen molar-refractivity contribution < 1.29 is 0 Å². The molecule has 2 rings (SSSR count). The van der Waals surface area contributed by atoms with Crippen molar-refractivity contribution in [1.29, 1.82) is 5.26 Å². The summed E-state index contributed by atoms with van der Waals surface area (Å²) in [5.41, 5.74) is 2.18. The van der Waals surface area contributed by atoms with Gasteiger partial charge in [-0.05, 0) is 26.1 Å². The predicted octanol–water partition coefficient (Wildman–Crippen LogP) is 3.01. The first-order valence-corrected chi connectivity index (χ1v) is 6.92. The van der Waals surface area contributed by atoms with Gasteiger partial charge in [0, 0.05) is 37.0 Å². The fourth-order valence-corrected chi connectivity index (χ4v) is 2.21. The maximum atomic E-state index is 8.66. The average Bonchev–Trinajstić information content (AvgIpc) is 2.46. The van der Waals surface area contributed by atoms with E-state index < -0.39 is 0 Å². The topological polar surface area (TPSA) is 52.0 Å². The van der Waals surface area contributed by atoms with Crippen LogP contribution in [0.15, 0.2) is 30.3 Å². The van der Waals surface area contributed by atoms with Crippen LogP contribution in [-0.2, 0) is 6.54 Å². The fourth-order valence-electron chi connectivity index (χ4n) is 2.21. The maximum absolute atomic E-state index is 8.66. The third-order valence-corrected chi connectivity index (χ3v) is 3.19. The highest BCUT2D eigenvalue weighted by Gasteiger charge is 2.08. The number of para-hydroxylation sites is 1. The van der Waals surface area contributed by atoms with Crippen molar-refractivity contribution in [2.75, 3.05) is 25.5 Å². The Hall–Kier alpha value is -2.12. The van der Waals surface area contributed by atoms with Gasteiger partial charge in [-0.2, -0.15) is 5.26 Å². The van der Waals surface area contributed by atoms with Gasteiger partial charge in [-0.25, -0.2) is 4.98 Å². The molecule has 0 spiro atoms. The van der Waals surface area contributed by atoms with E-state index in [2.05, 4.69) is 35.3 Å². The molecule has 0 aliphatic heterocycles. The van der Waals surface area contributed by atoms with Crippen LogP contribution in [0, 0.1) is 11.3 Å². The quantitative estimate of drug-likeness (QED) is 0.875. The number of hydrogen-bond acceptors (Lipinski definition) is 4. The van der Waals surface area contributed by atoms with Crippen molar-refractivity contribution in [2.24, 2.45) is 0 Å². The summed E-state index contributed by atoms with van der Waals surface area (Å²) in [7, 11) is 2.03. The number of pyridine rings is 1. The first-order chi connectivity index (χ1) is 9.74. The lowest BCUT2D eigenvalue weighted by atomic mass is 10.1. The van der Waals surface area contributed by atoms with Crippen LogP contribution >= 0.6 is 0 Å². The molecule has 1 N–H and O–H groups in total.